The van der Waals surface area contributed by atoms with E-state index in [1.165, 1.54) is 5.56 Å². The normalized spacial score (nSPS) is 14.2. The van der Waals surface area contributed by atoms with Crippen LogP contribution >= 0.6 is 11.3 Å². The van der Waals surface area contributed by atoms with Crippen LogP contribution in [0.2, 0.25) is 0 Å². The van der Waals surface area contributed by atoms with E-state index in [-0.39, 0.29) is 5.91 Å². The van der Waals surface area contributed by atoms with Gasteiger partial charge in [-0.1, -0.05) is 30.3 Å². The van der Waals surface area contributed by atoms with Gasteiger partial charge in [0, 0.05) is 18.2 Å². The fourth-order valence-electron chi connectivity index (χ4n) is 2.69. The molecule has 4 heteroatoms. The maximum Gasteiger partial charge on any atom is 0.254 e. The average Bonchev–Trinajstić information content (AvgIpc) is 3.29. The molecule has 0 aliphatic heterocycles. The van der Waals surface area contributed by atoms with Crippen molar-refractivity contribution in [1.29, 1.82) is 0 Å². The van der Waals surface area contributed by atoms with Crippen LogP contribution in [0.25, 0.3) is 10.2 Å². The lowest BCUT2D eigenvalue weighted by Crippen LogP contribution is -2.32. The SMILES string of the molecule is O=C(c1ccc2ncsc2c1)N(Cc1ccccc1)C1CC1. The highest BCUT2D eigenvalue weighted by molar-refractivity contribution is 7.16. The fourth-order valence-corrected chi connectivity index (χ4v) is 3.40. The lowest BCUT2D eigenvalue weighted by Gasteiger charge is -2.22. The fraction of sp³-hybridized carbons (Fsp3) is 0.222. The quantitative estimate of drug-likeness (QED) is 0.727. The van der Waals surface area contributed by atoms with Gasteiger partial charge in [-0.05, 0) is 36.6 Å². The lowest BCUT2D eigenvalue weighted by atomic mass is 10.1. The zero-order valence-electron chi connectivity index (χ0n) is 12.1. The predicted molar refractivity (Wildman–Crippen MR) is 89.0 cm³/mol. The molecule has 1 aliphatic carbocycles. The summed E-state index contributed by atoms with van der Waals surface area (Å²) in [6, 6.07) is 16.4. The first-order valence-corrected chi connectivity index (χ1v) is 8.37. The van der Waals surface area contributed by atoms with Crippen LogP contribution in [0.5, 0.6) is 0 Å². The summed E-state index contributed by atoms with van der Waals surface area (Å²) in [5.41, 5.74) is 4.73. The second-order valence-electron chi connectivity index (χ2n) is 5.68. The van der Waals surface area contributed by atoms with E-state index < -0.39 is 0 Å². The van der Waals surface area contributed by atoms with Gasteiger partial charge in [-0.25, -0.2) is 4.98 Å². The highest BCUT2D eigenvalue weighted by atomic mass is 32.1. The van der Waals surface area contributed by atoms with Gasteiger partial charge in [-0.2, -0.15) is 0 Å². The Morgan fingerprint density at radius 1 is 1.18 bits per heavy atom. The topological polar surface area (TPSA) is 33.2 Å². The number of carbonyl (C=O) groups is 1. The number of benzene rings is 2. The Balaban J connectivity index is 1.62. The molecule has 0 atom stereocenters. The molecule has 1 amide bonds. The van der Waals surface area contributed by atoms with Crippen molar-refractivity contribution in [3.63, 3.8) is 0 Å². The second-order valence-corrected chi connectivity index (χ2v) is 6.57. The number of hydrogen-bond donors (Lipinski definition) is 0. The van der Waals surface area contributed by atoms with Crippen molar-refractivity contribution in [1.82, 2.24) is 9.88 Å². The van der Waals surface area contributed by atoms with Crippen molar-refractivity contribution in [2.75, 3.05) is 0 Å². The molecule has 3 nitrogen and oxygen atoms in total. The van der Waals surface area contributed by atoms with Crippen LogP contribution in [0.15, 0.2) is 54.0 Å². The van der Waals surface area contributed by atoms with Crippen LogP contribution in [-0.2, 0) is 6.54 Å². The van der Waals surface area contributed by atoms with Crippen LogP contribution in [-0.4, -0.2) is 21.8 Å². The molecule has 3 aromatic rings. The van der Waals surface area contributed by atoms with Gasteiger partial charge in [0.25, 0.3) is 5.91 Å². The molecular weight excluding hydrogens is 292 g/mol. The number of carbonyl (C=O) groups excluding carboxylic acids is 1. The Morgan fingerprint density at radius 3 is 2.77 bits per heavy atom. The standard InChI is InChI=1S/C18H16N2OS/c21-18(14-6-9-16-17(10-14)22-12-19-16)20(15-7-8-15)11-13-4-2-1-3-5-13/h1-6,9-10,12,15H,7-8,11H2. The van der Waals surface area contributed by atoms with Gasteiger partial charge < -0.3 is 4.90 Å². The van der Waals surface area contributed by atoms with Crippen molar-refractivity contribution >= 4 is 27.5 Å². The van der Waals surface area contributed by atoms with Crippen molar-refractivity contribution in [2.24, 2.45) is 0 Å². The molecule has 4 rings (SSSR count). The highest BCUT2D eigenvalue weighted by Gasteiger charge is 2.33. The largest absolute Gasteiger partial charge is 0.331 e. The van der Waals surface area contributed by atoms with E-state index in [0.29, 0.717) is 12.6 Å². The summed E-state index contributed by atoms with van der Waals surface area (Å²) in [5.74, 6) is 0.127. The number of rotatable bonds is 4. The van der Waals surface area contributed by atoms with Gasteiger partial charge in [0.05, 0.1) is 15.7 Å². The minimum atomic E-state index is 0.127. The molecule has 1 aromatic heterocycles. The Kier molecular flexibility index (Phi) is 3.39. The second kappa shape index (κ2) is 5.54. The zero-order valence-corrected chi connectivity index (χ0v) is 12.9. The molecule has 110 valence electrons. The first-order valence-electron chi connectivity index (χ1n) is 7.49. The monoisotopic (exact) mass is 308 g/mol. The highest BCUT2D eigenvalue weighted by Crippen LogP contribution is 2.30. The summed E-state index contributed by atoms with van der Waals surface area (Å²) in [6.45, 7) is 0.686. The molecule has 1 heterocycles. The number of thiazole rings is 1. The molecule has 1 fully saturated rings. The average molecular weight is 308 g/mol. The third kappa shape index (κ3) is 2.62. The van der Waals surface area contributed by atoms with Crippen molar-refractivity contribution < 1.29 is 4.79 Å². The number of hydrogen-bond acceptors (Lipinski definition) is 3. The van der Waals surface area contributed by atoms with Crippen LogP contribution in [0, 0.1) is 0 Å². The van der Waals surface area contributed by atoms with Crippen molar-refractivity contribution in [3.05, 3.63) is 65.2 Å². The molecular formula is C18H16N2OS. The number of nitrogens with zero attached hydrogens (tertiary/aromatic N) is 2. The Labute approximate surface area is 133 Å². The molecule has 1 aliphatic rings. The van der Waals surface area contributed by atoms with Gasteiger partial charge in [0.15, 0.2) is 0 Å². The molecule has 0 bridgehead atoms. The summed E-state index contributed by atoms with van der Waals surface area (Å²) in [5, 5.41) is 0. The van der Waals surface area contributed by atoms with Crippen molar-refractivity contribution in [2.45, 2.75) is 25.4 Å². The maximum absolute atomic E-state index is 12.9. The van der Waals surface area contributed by atoms with Gasteiger partial charge in [0.2, 0.25) is 0 Å². The first-order chi connectivity index (χ1) is 10.8. The number of fused-ring (bicyclic) bond motifs is 1. The van der Waals surface area contributed by atoms with Crippen LogP contribution < -0.4 is 0 Å². The molecule has 22 heavy (non-hydrogen) atoms. The van der Waals surface area contributed by atoms with Gasteiger partial charge in [-0.15, -0.1) is 11.3 Å². The Bertz CT molecular complexity index is 808. The van der Waals surface area contributed by atoms with E-state index in [2.05, 4.69) is 17.1 Å². The molecule has 1 saturated carbocycles. The van der Waals surface area contributed by atoms with Crippen molar-refractivity contribution in [3.8, 4) is 0 Å². The molecule has 0 radical (unpaired) electrons. The first kappa shape index (κ1) is 13.5. The molecule has 0 N–H and O–H groups in total. The van der Waals surface area contributed by atoms with Gasteiger partial charge in [0.1, 0.15) is 0 Å². The maximum atomic E-state index is 12.9. The smallest absolute Gasteiger partial charge is 0.254 e. The van der Waals surface area contributed by atoms with E-state index in [1.807, 2.05) is 46.8 Å². The van der Waals surface area contributed by atoms with Gasteiger partial charge in [-0.3, -0.25) is 4.79 Å². The Morgan fingerprint density at radius 2 is 2.00 bits per heavy atom. The summed E-state index contributed by atoms with van der Waals surface area (Å²) >= 11 is 1.58. The molecule has 2 aromatic carbocycles. The summed E-state index contributed by atoms with van der Waals surface area (Å²) in [7, 11) is 0. The third-order valence-corrected chi connectivity index (χ3v) is 4.81. The van der Waals surface area contributed by atoms with E-state index in [1.54, 1.807) is 11.3 Å². The van der Waals surface area contributed by atoms with E-state index in [4.69, 9.17) is 0 Å². The molecule has 0 saturated heterocycles. The third-order valence-electron chi connectivity index (χ3n) is 4.02. The predicted octanol–water partition coefficient (Wildman–Crippen LogP) is 4.10. The minimum Gasteiger partial charge on any atom is -0.331 e. The van der Waals surface area contributed by atoms with E-state index in [9.17, 15) is 4.79 Å². The van der Waals surface area contributed by atoms with E-state index in [0.717, 1.165) is 28.6 Å². The van der Waals surface area contributed by atoms with Crippen LogP contribution in [0.4, 0.5) is 0 Å². The van der Waals surface area contributed by atoms with E-state index >= 15 is 0 Å². The minimum absolute atomic E-state index is 0.127. The zero-order chi connectivity index (χ0) is 14.9. The molecule has 0 spiro atoms. The lowest BCUT2D eigenvalue weighted by molar-refractivity contribution is 0.0730. The molecule has 0 unspecified atom stereocenters. The number of aromatic nitrogens is 1. The number of amides is 1. The van der Waals surface area contributed by atoms with Gasteiger partial charge >= 0.3 is 0 Å². The summed E-state index contributed by atoms with van der Waals surface area (Å²) in [4.78, 5) is 19.2. The van der Waals surface area contributed by atoms with Crippen LogP contribution in [0.3, 0.4) is 0 Å². The van der Waals surface area contributed by atoms with Crippen LogP contribution in [0.1, 0.15) is 28.8 Å². The summed E-state index contributed by atoms with van der Waals surface area (Å²) in [6.07, 6.45) is 2.22. The Hall–Kier alpha value is -2.20. The summed E-state index contributed by atoms with van der Waals surface area (Å²) < 4.78 is 1.07.